The van der Waals surface area contributed by atoms with Crippen molar-refractivity contribution in [2.24, 2.45) is 4.99 Å². The van der Waals surface area contributed by atoms with Crippen LogP contribution in [0.1, 0.15) is 22.8 Å². The van der Waals surface area contributed by atoms with Gasteiger partial charge in [-0.2, -0.15) is 0 Å². The van der Waals surface area contributed by atoms with Crippen molar-refractivity contribution in [3.63, 3.8) is 0 Å². The Bertz CT molecular complexity index is 475. The second kappa shape index (κ2) is 7.32. The van der Waals surface area contributed by atoms with Crippen LogP contribution in [0, 0.1) is 0 Å². The number of nitrogens with one attached hydrogen (secondary N) is 3. The van der Waals surface area contributed by atoms with Crippen LogP contribution in [0.5, 0.6) is 0 Å². The van der Waals surface area contributed by atoms with Crippen LogP contribution in [-0.4, -0.2) is 31.5 Å². The monoisotopic (exact) mass is 374 g/mol. The van der Waals surface area contributed by atoms with Gasteiger partial charge in [-0.05, 0) is 24.6 Å². The lowest BCUT2D eigenvalue weighted by Crippen LogP contribution is -2.37. The van der Waals surface area contributed by atoms with Crippen LogP contribution in [-0.2, 0) is 6.54 Å². The predicted molar refractivity (Wildman–Crippen MR) is 87.0 cm³/mol. The number of aliphatic imine (C=N–C) groups is 1. The summed E-state index contributed by atoms with van der Waals surface area (Å²) in [5, 5.41) is 9.07. The SMILES string of the molecule is CNC(=O)c1cccc(CNC2=NCC(C)N2)c1.I. The Hall–Kier alpha value is -1.31. The first-order valence-corrected chi connectivity index (χ1v) is 6.05. The van der Waals surface area contributed by atoms with Crippen molar-refractivity contribution in [3.8, 4) is 0 Å². The Morgan fingerprint density at radius 1 is 1.53 bits per heavy atom. The number of hydrogen-bond acceptors (Lipinski definition) is 4. The van der Waals surface area contributed by atoms with E-state index in [0.717, 1.165) is 18.1 Å². The van der Waals surface area contributed by atoms with Crippen LogP contribution in [0.15, 0.2) is 29.3 Å². The molecule has 0 fully saturated rings. The number of carbonyl (C=O) groups excluding carboxylic acids is 1. The lowest BCUT2D eigenvalue weighted by molar-refractivity contribution is 0.0963. The molecular formula is C13H19IN4O. The molecule has 1 atom stereocenters. The summed E-state index contributed by atoms with van der Waals surface area (Å²) in [7, 11) is 1.63. The molecule has 0 saturated carbocycles. The van der Waals surface area contributed by atoms with Gasteiger partial charge in [0.1, 0.15) is 0 Å². The van der Waals surface area contributed by atoms with Crippen molar-refractivity contribution >= 4 is 35.8 Å². The third kappa shape index (κ3) is 4.38. The number of halogens is 1. The van der Waals surface area contributed by atoms with Crippen molar-refractivity contribution in [1.82, 2.24) is 16.0 Å². The first-order chi connectivity index (χ1) is 8.69. The molecule has 6 heteroatoms. The fourth-order valence-electron chi connectivity index (χ4n) is 1.81. The van der Waals surface area contributed by atoms with Gasteiger partial charge in [0, 0.05) is 25.2 Å². The molecule has 1 aliphatic rings. The zero-order chi connectivity index (χ0) is 13.0. The number of hydrogen-bond donors (Lipinski definition) is 3. The maximum absolute atomic E-state index is 11.5. The molecule has 1 aromatic rings. The second-order valence-corrected chi connectivity index (χ2v) is 4.37. The fraction of sp³-hybridized carbons (Fsp3) is 0.385. The van der Waals surface area contributed by atoms with E-state index in [-0.39, 0.29) is 29.9 Å². The number of nitrogens with zero attached hydrogens (tertiary/aromatic N) is 1. The molecule has 5 nitrogen and oxygen atoms in total. The standard InChI is InChI=1S/C13H18N4O.HI/c1-9-7-15-13(17-9)16-8-10-4-3-5-11(6-10)12(18)14-2;/h3-6,9H,7-8H2,1-2H3,(H,14,18)(H2,15,16,17);1H. The third-order valence-corrected chi connectivity index (χ3v) is 2.78. The van der Waals surface area contributed by atoms with Gasteiger partial charge in [0.25, 0.3) is 5.91 Å². The van der Waals surface area contributed by atoms with Gasteiger partial charge >= 0.3 is 0 Å². The largest absolute Gasteiger partial charge is 0.355 e. The summed E-state index contributed by atoms with van der Waals surface area (Å²) >= 11 is 0. The molecular weight excluding hydrogens is 355 g/mol. The van der Waals surface area contributed by atoms with Crippen molar-refractivity contribution in [1.29, 1.82) is 0 Å². The minimum absolute atomic E-state index is 0. The number of guanidine groups is 1. The van der Waals surface area contributed by atoms with Crippen LogP contribution < -0.4 is 16.0 Å². The first kappa shape index (κ1) is 15.7. The van der Waals surface area contributed by atoms with Gasteiger partial charge in [-0.25, -0.2) is 0 Å². The summed E-state index contributed by atoms with van der Waals surface area (Å²) in [6.45, 7) is 3.55. The molecule has 1 aliphatic heterocycles. The van der Waals surface area contributed by atoms with E-state index in [0.29, 0.717) is 18.2 Å². The molecule has 0 aliphatic carbocycles. The van der Waals surface area contributed by atoms with Crippen LogP contribution in [0.2, 0.25) is 0 Å². The highest BCUT2D eigenvalue weighted by atomic mass is 127. The van der Waals surface area contributed by atoms with Gasteiger partial charge < -0.3 is 16.0 Å². The first-order valence-electron chi connectivity index (χ1n) is 6.05. The zero-order valence-corrected chi connectivity index (χ0v) is 13.4. The summed E-state index contributed by atoms with van der Waals surface area (Å²) < 4.78 is 0. The smallest absolute Gasteiger partial charge is 0.251 e. The topological polar surface area (TPSA) is 65.5 Å². The quantitative estimate of drug-likeness (QED) is 0.695. The number of amides is 1. The highest BCUT2D eigenvalue weighted by molar-refractivity contribution is 14.0. The van der Waals surface area contributed by atoms with E-state index in [2.05, 4.69) is 27.9 Å². The Morgan fingerprint density at radius 3 is 2.95 bits per heavy atom. The highest BCUT2D eigenvalue weighted by Gasteiger charge is 2.11. The normalized spacial score (nSPS) is 16.9. The van der Waals surface area contributed by atoms with Crippen LogP contribution in [0.25, 0.3) is 0 Å². The minimum atomic E-state index is -0.0678. The van der Waals surface area contributed by atoms with E-state index >= 15 is 0 Å². The molecule has 1 amide bonds. The Labute approximate surface area is 130 Å². The molecule has 1 aromatic carbocycles. The predicted octanol–water partition coefficient (Wildman–Crippen LogP) is 1.10. The summed E-state index contributed by atoms with van der Waals surface area (Å²) in [5.74, 6) is 0.759. The van der Waals surface area contributed by atoms with E-state index in [9.17, 15) is 4.79 Å². The van der Waals surface area contributed by atoms with Gasteiger partial charge in [0.2, 0.25) is 0 Å². The van der Waals surface area contributed by atoms with E-state index in [4.69, 9.17) is 0 Å². The molecule has 104 valence electrons. The van der Waals surface area contributed by atoms with Crippen LogP contribution in [0.4, 0.5) is 0 Å². The lowest BCUT2D eigenvalue weighted by atomic mass is 10.1. The Balaban J connectivity index is 0.00000180. The average molecular weight is 374 g/mol. The number of carbonyl (C=O) groups is 1. The number of benzene rings is 1. The summed E-state index contributed by atoms with van der Waals surface area (Å²) in [6.07, 6.45) is 0. The van der Waals surface area contributed by atoms with Crippen LogP contribution in [0.3, 0.4) is 0 Å². The summed E-state index contributed by atoms with van der Waals surface area (Å²) in [6, 6.07) is 7.94. The fourth-order valence-corrected chi connectivity index (χ4v) is 1.81. The number of rotatable bonds is 3. The van der Waals surface area contributed by atoms with Crippen molar-refractivity contribution in [2.45, 2.75) is 19.5 Å². The molecule has 0 spiro atoms. The minimum Gasteiger partial charge on any atom is -0.355 e. The zero-order valence-electron chi connectivity index (χ0n) is 11.1. The van der Waals surface area contributed by atoms with Gasteiger partial charge in [-0.15, -0.1) is 24.0 Å². The molecule has 19 heavy (non-hydrogen) atoms. The summed E-state index contributed by atoms with van der Waals surface area (Å²) in [5.41, 5.74) is 1.73. The van der Waals surface area contributed by atoms with Crippen molar-refractivity contribution < 1.29 is 4.79 Å². The average Bonchev–Trinajstić information content (AvgIpc) is 2.81. The lowest BCUT2D eigenvalue weighted by Gasteiger charge is -2.09. The van der Waals surface area contributed by atoms with Gasteiger partial charge in [-0.3, -0.25) is 9.79 Å². The maximum Gasteiger partial charge on any atom is 0.251 e. The highest BCUT2D eigenvalue weighted by Crippen LogP contribution is 2.05. The van der Waals surface area contributed by atoms with Crippen molar-refractivity contribution in [3.05, 3.63) is 35.4 Å². The van der Waals surface area contributed by atoms with Gasteiger partial charge in [0.15, 0.2) is 5.96 Å². The van der Waals surface area contributed by atoms with E-state index in [1.54, 1.807) is 13.1 Å². The molecule has 2 rings (SSSR count). The van der Waals surface area contributed by atoms with Crippen molar-refractivity contribution in [2.75, 3.05) is 13.6 Å². The molecule has 3 N–H and O–H groups in total. The molecule has 0 saturated heterocycles. The molecule has 0 aromatic heterocycles. The third-order valence-electron chi connectivity index (χ3n) is 2.78. The van der Waals surface area contributed by atoms with Gasteiger partial charge in [-0.1, -0.05) is 12.1 Å². The molecule has 0 radical (unpaired) electrons. The molecule has 0 bridgehead atoms. The maximum atomic E-state index is 11.5. The van der Waals surface area contributed by atoms with Gasteiger partial charge in [0.05, 0.1) is 6.54 Å². The molecule has 1 unspecified atom stereocenters. The van der Waals surface area contributed by atoms with E-state index < -0.39 is 0 Å². The van der Waals surface area contributed by atoms with E-state index in [1.807, 2.05) is 18.2 Å². The second-order valence-electron chi connectivity index (χ2n) is 4.37. The Morgan fingerprint density at radius 2 is 2.32 bits per heavy atom. The molecule has 1 heterocycles. The Kier molecular flexibility index (Phi) is 6.07. The van der Waals surface area contributed by atoms with Crippen LogP contribution >= 0.6 is 24.0 Å². The summed E-state index contributed by atoms with van der Waals surface area (Å²) in [4.78, 5) is 15.8. The van der Waals surface area contributed by atoms with E-state index in [1.165, 1.54) is 0 Å².